The van der Waals surface area contributed by atoms with Gasteiger partial charge in [0.2, 0.25) is 0 Å². The smallest absolute Gasteiger partial charge is 0.112 e. The van der Waals surface area contributed by atoms with Gasteiger partial charge in [-0.3, -0.25) is 0 Å². The second kappa shape index (κ2) is 4.73. The van der Waals surface area contributed by atoms with Crippen molar-refractivity contribution >= 4 is 11.0 Å². The van der Waals surface area contributed by atoms with Gasteiger partial charge in [0.05, 0.1) is 11.0 Å². The number of unbranched alkanes of at least 4 members (excludes halogenated alkanes) is 1. The molecule has 0 unspecified atom stereocenters. The molecular weight excluding hydrogens is 222 g/mol. The van der Waals surface area contributed by atoms with Gasteiger partial charge in [-0.15, -0.1) is 0 Å². The molecule has 3 rings (SSSR count). The lowest BCUT2D eigenvalue weighted by Crippen LogP contribution is -1.99. The highest BCUT2D eigenvalue weighted by atomic mass is 15.1. The maximum atomic E-state index is 5.53. The van der Waals surface area contributed by atoms with Gasteiger partial charge in [0, 0.05) is 13.0 Å². The largest absolute Gasteiger partial charge is 0.331 e. The Bertz CT molecular complexity index is 552. The number of aryl methyl sites for hydroxylation is 2. The summed E-state index contributed by atoms with van der Waals surface area (Å²) < 4.78 is 2.26. The van der Waals surface area contributed by atoms with E-state index < -0.39 is 0 Å². The van der Waals surface area contributed by atoms with Gasteiger partial charge in [-0.25, -0.2) is 4.98 Å². The number of imidazole rings is 1. The molecule has 0 atom stereocenters. The molecule has 1 fully saturated rings. The first-order valence-electron chi connectivity index (χ1n) is 6.95. The van der Waals surface area contributed by atoms with Gasteiger partial charge in [0.1, 0.15) is 5.82 Å². The van der Waals surface area contributed by atoms with Crippen LogP contribution in [0.15, 0.2) is 18.2 Å². The first-order chi connectivity index (χ1) is 8.79. The molecule has 96 valence electrons. The molecule has 3 nitrogen and oxygen atoms in total. The third kappa shape index (κ3) is 2.15. The van der Waals surface area contributed by atoms with E-state index in [4.69, 9.17) is 10.7 Å². The van der Waals surface area contributed by atoms with Crippen LogP contribution in [0.4, 0.5) is 0 Å². The molecule has 0 bridgehead atoms. The number of hydrogen-bond acceptors (Lipinski definition) is 2. The van der Waals surface area contributed by atoms with Gasteiger partial charge in [0.25, 0.3) is 0 Å². The van der Waals surface area contributed by atoms with Crippen LogP contribution in [0.25, 0.3) is 11.0 Å². The third-order valence-electron chi connectivity index (χ3n) is 3.84. The highest BCUT2D eigenvalue weighted by Crippen LogP contribution is 2.40. The first-order valence-corrected chi connectivity index (χ1v) is 6.95. The molecule has 1 aromatic carbocycles. The SMILES string of the molecule is Cn1c(C2CC2)nc2cc(CCCCN)ccc21. The van der Waals surface area contributed by atoms with Crippen LogP contribution < -0.4 is 5.73 Å². The molecule has 0 spiro atoms. The van der Waals surface area contributed by atoms with Crippen molar-refractivity contribution in [2.24, 2.45) is 12.8 Å². The molecule has 2 aromatic rings. The molecule has 3 heteroatoms. The fourth-order valence-corrected chi connectivity index (χ4v) is 2.60. The highest BCUT2D eigenvalue weighted by Gasteiger charge is 2.28. The molecule has 1 saturated carbocycles. The van der Waals surface area contributed by atoms with E-state index >= 15 is 0 Å². The van der Waals surface area contributed by atoms with Crippen molar-refractivity contribution in [2.75, 3.05) is 6.54 Å². The summed E-state index contributed by atoms with van der Waals surface area (Å²) in [6.45, 7) is 0.789. The zero-order valence-corrected chi connectivity index (χ0v) is 11.0. The van der Waals surface area contributed by atoms with Crippen LogP contribution in [0.5, 0.6) is 0 Å². The normalized spacial score (nSPS) is 15.4. The van der Waals surface area contributed by atoms with Crippen LogP contribution in [-0.4, -0.2) is 16.1 Å². The zero-order valence-electron chi connectivity index (χ0n) is 11.0. The first kappa shape index (κ1) is 11.7. The van der Waals surface area contributed by atoms with E-state index in [9.17, 15) is 0 Å². The Balaban J connectivity index is 1.87. The van der Waals surface area contributed by atoms with Gasteiger partial charge in [-0.1, -0.05) is 6.07 Å². The molecule has 18 heavy (non-hydrogen) atoms. The molecule has 1 aliphatic rings. The van der Waals surface area contributed by atoms with Crippen LogP contribution >= 0.6 is 0 Å². The minimum absolute atomic E-state index is 0.711. The zero-order chi connectivity index (χ0) is 12.5. The topological polar surface area (TPSA) is 43.8 Å². The summed E-state index contributed by atoms with van der Waals surface area (Å²) >= 11 is 0. The van der Waals surface area contributed by atoms with Crippen LogP contribution in [0.2, 0.25) is 0 Å². The van der Waals surface area contributed by atoms with Gasteiger partial charge >= 0.3 is 0 Å². The fraction of sp³-hybridized carbons (Fsp3) is 0.533. The summed E-state index contributed by atoms with van der Waals surface area (Å²) in [7, 11) is 2.14. The van der Waals surface area contributed by atoms with Crippen molar-refractivity contribution in [1.29, 1.82) is 0 Å². The maximum absolute atomic E-state index is 5.53. The number of nitrogens with zero attached hydrogens (tertiary/aromatic N) is 2. The lowest BCUT2D eigenvalue weighted by molar-refractivity contribution is 0.745. The van der Waals surface area contributed by atoms with Crippen molar-refractivity contribution in [3.05, 3.63) is 29.6 Å². The average Bonchev–Trinajstić information content (AvgIpc) is 3.16. The standard InChI is InChI=1S/C15H21N3/c1-18-14-8-5-11(4-2-3-9-16)10-13(14)17-15(18)12-6-7-12/h5,8,10,12H,2-4,6-7,9,16H2,1H3. The fourth-order valence-electron chi connectivity index (χ4n) is 2.60. The Kier molecular flexibility index (Phi) is 3.08. The minimum Gasteiger partial charge on any atom is -0.331 e. The summed E-state index contributed by atoms with van der Waals surface area (Å²) in [5.41, 5.74) is 9.34. The van der Waals surface area contributed by atoms with E-state index in [0.29, 0.717) is 5.92 Å². The second-order valence-electron chi connectivity index (χ2n) is 5.37. The number of rotatable bonds is 5. The number of hydrogen-bond donors (Lipinski definition) is 1. The Hall–Kier alpha value is -1.35. The lowest BCUT2D eigenvalue weighted by atomic mass is 10.1. The molecule has 2 N–H and O–H groups in total. The van der Waals surface area contributed by atoms with Crippen molar-refractivity contribution in [1.82, 2.24) is 9.55 Å². The second-order valence-corrected chi connectivity index (χ2v) is 5.37. The molecule has 1 aromatic heterocycles. The molecule has 1 heterocycles. The van der Waals surface area contributed by atoms with E-state index in [1.165, 1.54) is 36.2 Å². The van der Waals surface area contributed by atoms with E-state index in [2.05, 4.69) is 29.8 Å². The van der Waals surface area contributed by atoms with E-state index in [-0.39, 0.29) is 0 Å². The quantitative estimate of drug-likeness (QED) is 0.821. The van der Waals surface area contributed by atoms with Gasteiger partial charge in [0.15, 0.2) is 0 Å². The number of benzene rings is 1. The van der Waals surface area contributed by atoms with Gasteiger partial charge < -0.3 is 10.3 Å². The van der Waals surface area contributed by atoms with Crippen molar-refractivity contribution in [3.8, 4) is 0 Å². The van der Waals surface area contributed by atoms with Crippen molar-refractivity contribution in [3.63, 3.8) is 0 Å². The predicted molar refractivity (Wildman–Crippen MR) is 74.7 cm³/mol. The summed E-state index contributed by atoms with van der Waals surface area (Å²) in [5, 5.41) is 0. The predicted octanol–water partition coefficient (Wildman–Crippen LogP) is 2.73. The Morgan fingerprint density at radius 3 is 2.89 bits per heavy atom. The summed E-state index contributed by atoms with van der Waals surface area (Å²) in [5.74, 6) is 1.98. The molecular formula is C15H21N3. The number of fused-ring (bicyclic) bond motifs is 1. The van der Waals surface area contributed by atoms with E-state index in [1.807, 2.05) is 0 Å². The van der Waals surface area contributed by atoms with Crippen molar-refractivity contribution < 1.29 is 0 Å². The Morgan fingerprint density at radius 1 is 1.33 bits per heavy atom. The molecule has 0 saturated heterocycles. The molecule has 0 aliphatic heterocycles. The van der Waals surface area contributed by atoms with Gasteiger partial charge in [-0.2, -0.15) is 0 Å². The summed E-state index contributed by atoms with van der Waals surface area (Å²) in [6, 6.07) is 6.70. The van der Waals surface area contributed by atoms with E-state index in [0.717, 1.165) is 24.9 Å². The lowest BCUT2D eigenvalue weighted by Gasteiger charge is -2.02. The summed E-state index contributed by atoms with van der Waals surface area (Å²) in [6.07, 6.45) is 6.00. The molecule has 0 amide bonds. The molecule has 0 radical (unpaired) electrons. The molecule has 1 aliphatic carbocycles. The van der Waals surface area contributed by atoms with Gasteiger partial charge in [-0.05, 0) is 56.3 Å². The summed E-state index contributed by atoms with van der Waals surface area (Å²) in [4.78, 5) is 4.80. The van der Waals surface area contributed by atoms with Crippen LogP contribution in [0, 0.1) is 0 Å². The minimum atomic E-state index is 0.711. The monoisotopic (exact) mass is 243 g/mol. The maximum Gasteiger partial charge on any atom is 0.112 e. The van der Waals surface area contributed by atoms with Crippen LogP contribution in [0.1, 0.15) is 43.0 Å². The number of aromatic nitrogens is 2. The Morgan fingerprint density at radius 2 is 2.17 bits per heavy atom. The van der Waals surface area contributed by atoms with Crippen LogP contribution in [-0.2, 0) is 13.5 Å². The van der Waals surface area contributed by atoms with Crippen molar-refractivity contribution in [2.45, 2.75) is 38.0 Å². The van der Waals surface area contributed by atoms with E-state index in [1.54, 1.807) is 0 Å². The number of nitrogens with two attached hydrogens (primary N) is 1. The third-order valence-corrected chi connectivity index (χ3v) is 3.84. The Labute approximate surface area is 108 Å². The highest BCUT2D eigenvalue weighted by molar-refractivity contribution is 5.77. The average molecular weight is 243 g/mol. The van der Waals surface area contributed by atoms with Crippen LogP contribution in [0.3, 0.4) is 0 Å².